The first-order valence-electron chi connectivity index (χ1n) is 7.17. The molecule has 0 saturated carbocycles. The molecule has 0 radical (unpaired) electrons. The molecule has 4 heteroatoms. The molecule has 106 valence electrons. The highest BCUT2D eigenvalue weighted by atomic mass is 15.2. The molecule has 4 nitrogen and oxygen atoms in total. The van der Waals surface area contributed by atoms with Crippen LogP contribution in [0.25, 0.3) is 0 Å². The number of nitrogens with zero attached hydrogens (tertiary/aromatic N) is 3. The van der Waals surface area contributed by atoms with Crippen molar-refractivity contribution in [2.75, 3.05) is 13.6 Å². The molecule has 0 fully saturated rings. The third-order valence-electron chi connectivity index (χ3n) is 4.03. The highest BCUT2D eigenvalue weighted by molar-refractivity contribution is 5.29. The first-order valence-corrected chi connectivity index (χ1v) is 7.17. The van der Waals surface area contributed by atoms with E-state index in [1.807, 2.05) is 19.4 Å². The van der Waals surface area contributed by atoms with Gasteiger partial charge < -0.3 is 9.88 Å². The van der Waals surface area contributed by atoms with Crippen LogP contribution in [-0.2, 0) is 26.6 Å². The summed E-state index contributed by atoms with van der Waals surface area (Å²) in [7, 11) is 4.21. The number of imidazole rings is 1. The minimum absolute atomic E-state index is 0.523. The quantitative estimate of drug-likeness (QED) is 0.915. The number of benzene rings is 1. The van der Waals surface area contributed by atoms with Gasteiger partial charge in [-0.05, 0) is 24.6 Å². The molecule has 1 N–H and O–H groups in total. The fraction of sp³-hybridized carbons (Fsp3) is 0.438. The Kier molecular flexibility index (Phi) is 3.85. The highest BCUT2D eigenvalue weighted by Crippen LogP contribution is 2.16. The summed E-state index contributed by atoms with van der Waals surface area (Å²) in [4.78, 5) is 6.73. The van der Waals surface area contributed by atoms with Gasteiger partial charge in [0.1, 0.15) is 5.82 Å². The third-order valence-corrected chi connectivity index (χ3v) is 4.03. The number of likely N-dealkylation sites (N-methyl/N-ethyl adjacent to an activating group) is 1. The molecule has 1 unspecified atom stereocenters. The van der Waals surface area contributed by atoms with Crippen LogP contribution >= 0.6 is 0 Å². The Bertz CT molecular complexity index is 575. The van der Waals surface area contributed by atoms with Crippen molar-refractivity contribution in [2.24, 2.45) is 7.05 Å². The molecule has 20 heavy (non-hydrogen) atoms. The lowest BCUT2D eigenvalue weighted by Crippen LogP contribution is -2.43. The Morgan fingerprint density at radius 3 is 2.90 bits per heavy atom. The van der Waals surface area contributed by atoms with E-state index in [-0.39, 0.29) is 0 Å². The Morgan fingerprint density at radius 2 is 2.15 bits per heavy atom. The molecular formula is C16H22N4. The van der Waals surface area contributed by atoms with E-state index in [4.69, 9.17) is 0 Å². The van der Waals surface area contributed by atoms with Gasteiger partial charge in [0.15, 0.2) is 0 Å². The number of nitrogens with one attached hydrogen (secondary N) is 1. The Balaban J connectivity index is 1.58. The van der Waals surface area contributed by atoms with Crippen LogP contribution in [0.1, 0.15) is 17.0 Å². The lowest BCUT2D eigenvalue weighted by Gasteiger charge is -2.29. The number of aryl methyl sites for hydroxylation is 1. The molecule has 2 heterocycles. The van der Waals surface area contributed by atoms with Crippen LogP contribution < -0.4 is 5.32 Å². The van der Waals surface area contributed by atoms with E-state index < -0.39 is 0 Å². The summed E-state index contributed by atoms with van der Waals surface area (Å²) in [5, 5.41) is 3.63. The van der Waals surface area contributed by atoms with Crippen molar-refractivity contribution >= 4 is 0 Å². The second-order valence-electron chi connectivity index (χ2n) is 5.70. The predicted molar refractivity (Wildman–Crippen MR) is 80.3 cm³/mol. The van der Waals surface area contributed by atoms with Crippen LogP contribution in [0.4, 0.5) is 0 Å². The fourth-order valence-electron chi connectivity index (χ4n) is 2.88. The number of hydrogen-bond acceptors (Lipinski definition) is 3. The molecule has 0 bridgehead atoms. The Morgan fingerprint density at radius 1 is 1.35 bits per heavy atom. The van der Waals surface area contributed by atoms with E-state index in [1.165, 1.54) is 11.1 Å². The van der Waals surface area contributed by atoms with Gasteiger partial charge in [-0.2, -0.15) is 0 Å². The fourth-order valence-corrected chi connectivity index (χ4v) is 2.88. The van der Waals surface area contributed by atoms with Crippen molar-refractivity contribution in [1.29, 1.82) is 0 Å². The van der Waals surface area contributed by atoms with E-state index >= 15 is 0 Å². The highest BCUT2D eigenvalue weighted by Gasteiger charge is 2.19. The maximum Gasteiger partial charge on any atom is 0.122 e. The Hall–Kier alpha value is -1.65. The van der Waals surface area contributed by atoms with E-state index in [2.05, 4.69) is 51.1 Å². The molecule has 1 aliphatic heterocycles. The van der Waals surface area contributed by atoms with Gasteiger partial charge in [0, 0.05) is 38.6 Å². The zero-order valence-corrected chi connectivity index (χ0v) is 12.2. The second-order valence-corrected chi connectivity index (χ2v) is 5.70. The van der Waals surface area contributed by atoms with Crippen LogP contribution in [0.2, 0.25) is 0 Å². The molecule has 1 aromatic carbocycles. The molecule has 3 rings (SSSR count). The second kappa shape index (κ2) is 5.77. The molecule has 1 aliphatic rings. The third kappa shape index (κ3) is 2.92. The molecule has 1 atom stereocenters. The zero-order valence-electron chi connectivity index (χ0n) is 12.2. The molecular weight excluding hydrogens is 248 g/mol. The SMILES string of the molecule is CN(Cc1nccn1C)CC1Cc2ccccc2CN1. The number of hydrogen-bond donors (Lipinski definition) is 1. The molecule has 0 amide bonds. The topological polar surface area (TPSA) is 33.1 Å². The normalized spacial score (nSPS) is 18.2. The largest absolute Gasteiger partial charge is 0.337 e. The van der Waals surface area contributed by atoms with Crippen molar-refractivity contribution in [3.63, 3.8) is 0 Å². The average molecular weight is 270 g/mol. The number of aromatic nitrogens is 2. The van der Waals surface area contributed by atoms with Crippen LogP contribution in [-0.4, -0.2) is 34.1 Å². The summed E-state index contributed by atoms with van der Waals surface area (Å²) < 4.78 is 2.08. The van der Waals surface area contributed by atoms with Crippen molar-refractivity contribution < 1.29 is 0 Å². The van der Waals surface area contributed by atoms with Gasteiger partial charge in [-0.15, -0.1) is 0 Å². The van der Waals surface area contributed by atoms with Crippen LogP contribution in [0.15, 0.2) is 36.7 Å². The lowest BCUT2D eigenvalue weighted by molar-refractivity contribution is 0.266. The summed E-state index contributed by atoms with van der Waals surface area (Å²) in [5.41, 5.74) is 2.93. The molecule has 0 saturated heterocycles. The van der Waals surface area contributed by atoms with Crippen LogP contribution in [0.3, 0.4) is 0 Å². The van der Waals surface area contributed by atoms with Crippen molar-refractivity contribution in [2.45, 2.75) is 25.6 Å². The maximum absolute atomic E-state index is 4.39. The van der Waals surface area contributed by atoms with E-state index in [9.17, 15) is 0 Å². The van der Waals surface area contributed by atoms with Gasteiger partial charge in [0.25, 0.3) is 0 Å². The van der Waals surface area contributed by atoms with Gasteiger partial charge in [0.05, 0.1) is 6.54 Å². The van der Waals surface area contributed by atoms with Gasteiger partial charge in [-0.25, -0.2) is 4.98 Å². The molecule has 2 aromatic rings. The summed E-state index contributed by atoms with van der Waals surface area (Å²) in [6.45, 7) is 2.92. The molecule has 0 spiro atoms. The molecule has 1 aromatic heterocycles. The minimum Gasteiger partial charge on any atom is -0.337 e. The first-order chi connectivity index (χ1) is 9.72. The van der Waals surface area contributed by atoms with Crippen LogP contribution in [0, 0.1) is 0 Å². The number of rotatable bonds is 4. The van der Waals surface area contributed by atoms with Crippen molar-refractivity contribution in [3.8, 4) is 0 Å². The summed E-state index contributed by atoms with van der Waals surface area (Å²) in [6.07, 6.45) is 4.97. The van der Waals surface area contributed by atoms with Gasteiger partial charge in [0.2, 0.25) is 0 Å². The van der Waals surface area contributed by atoms with E-state index in [0.29, 0.717) is 6.04 Å². The van der Waals surface area contributed by atoms with Gasteiger partial charge in [-0.3, -0.25) is 4.90 Å². The summed E-state index contributed by atoms with van der Waals surface area (Å²) in [5.74, 6) is 1.11. The Labute approximate surface area is 120 Å². The summed E-state index contributed by atoms with van der Waals surface area (Å²) in [6, 6.07) is 9.25. The molecule has 0 aliphatic carbocycles. The first kappa shape index (κ1) is 13.3. The maximum atomic E-state index is 4.39. The smallest absolute Gasteiger partial charge is 0.122 e. The predicted octanol–water partition coefficient (Wildman–Crippen LogP) is 1.57. The van der Waals surface area contributed by atoms with Gasteiger partial charge in [-0.1, -0.05) is 24.3 Å². The minimum atomic E-state index is 0.523. The van der Waals surface area contributed by atoms with Crippen LogP contribution in [0.5, 0.6) is 0 Å². The van der Waals surface area contributed by atoms with E-state index in [0.717, 1.165) is 31.9 Å². The average Bonchev–Trinajstić information content (AvgIpc) is 2.84. The van der Waals surface area contributed by atoms with Crippen molar-refractivity contribution in [1.82, 2.24) is 19.8 Å². The standard InChI is InChI=1S/C16H22N4/c1-19(12-16-17-7-8-20(16)2)11-15-9-13-5-3-4-6-14(13)10-18-15/h3-8,15,18H,9-12H2,1-2H3. The van der Waals surface area contributed by atoms with Gasteiger partial charge >= 0.3 is 0 Å². The summed E-state index contributed by atoms with van der Waals surface area (Å²) >= 11 is 0. The van der Waals surface area contributed by atoms with E-state index in [1.54, 1.807) is 0 Å². The zero-order chi connectivity index (χ0) is 13.9. The number of fused-ring (bicyclic) bond motifs is 1. The monoisotopic (exact) mass is 270 g/mol. The lowest BCUT2D eigenvalue weighted by atomic mass is 9.96. The van der Waals surface area contributed by atoms with Crippen molar-refractivity contribution in [3.05, 3.63) is 53.6 Å².